The van der Waals surface area contributed by atoms with Gasteiger partial charge in [0, 0.05) is 11.7 Å². The van der Waals surface area contributed by atoms with Crippen LogP contribution in [0.4, 0.5) is 18.9 Å². The maximum absolute atomic E-state index is 12.6. The summed E-state index contributed by atoms with van der Waals surface area (Å²) in [6.45, 7) is 2.01. The number of nitrogens with two attached hydrogens (primary N) is 1. The summed E-state index contributed by atoms with van der Waals surface area (Å²) in [6, 6.07) is 2.85. The maximum atomic E-state index is 12.6. The number of nitrogens with one attached hydrogen (secondary N) is 1. The molecule has 1 fully saturated rings. The first kappa shape index (κ1) is 13.7. The van der Waals surface area contributed by atoms with E-state index in [1.54, 1.807) is 0 Å². The summed E-state index contributed by atoms with van der Waals surface area (Å²) in [6.07, 6.45) is -2.65. The third kappa shape index (κ3) is 3.00. The zero-order valence-corrected chi connectivity index (χ0v) is 10.4. The van der Waals surface area contributed by atoms with E-state index in [4.69, 9.17) is 5.73 Å². The number of alkyl halides is 3. The Hall–Kier alpha value is -1.72. The van der Waals surface area contributed by atoms with Gasteiger partial charge in [-0.25, -0.2) is 0 Å². The summed E-state index contributed by atoms with van der Waals surface area (Å²) < 4.78 is 37.7. The van der Waals surface area contributed by atoms with Gasteiger partial charge in [0.2, 0.25) is 0 Å². The van der Waals surface area contributed by atoms with Crippen molar-refractivity contribution in [2.75, 3.05) is 5.73 Å². The fraction of sp³-hybridized carbons (Fsp3) is 0.462. The molecule has 2 unspecified atom stereocenters. The van der Waals surface area contributed by atoms with Crippen LogP contribution in [0.1, 0.15) is 35.7 Å². The van der Waals surface area contributed by atoms with Crippen LogP contribution in [0.2, 0.25) is 0 Å². The quantitative estimate of drug-likeness (QED) is 0.831. The van der Waals surface area contributed by atoms with Gasteiger partial charge in [0.05, 0.1) is 11.1 Å². The zero-order chi connectivity index (χ0) is 14.2. The van der Waals surface area contributed by atoms with Crippen molar-refractivity contribution in [2.24, 2.45) is 5.92 Å². The van der Waals surface area contributed by atoms with Gasteiger partial charge in [0.25, 0.3) is 5.91 Å². The van der Waals surface area contributed by atoms with E-state index >= 15 is 0 Å². The monoisotopic (exact) mass is 272 g/mol. The van der Waals surface area contributed by atoms with Gasteiger partial charge in [-0.05, 0) is 30.5 Å². The number of rotatable bonds is 3. The second kappa shape index (κ2) is 4.75. The van der Waals surface area contributed by atoms with Crippen molar-refractivity contribution in [3.05, 3.63) is 29.3 Å². The molecule has 3 nitrogen and oxygen atoms in total. The highest BCUT2D eigenvalue weighted by Gasteiger charge is 2.37. The Labute approximate surface area is 109 Å². The summed E-state index contributed by atoms with van der Waals surface area (Å²) in [5, 5.41) is 2.70. The Morgan fingerprint density at radius 3 is 2.68 bits per heavy atom. The van der Waals surface area contributed by atoms with Crippen molar-refractivity contribution in [2.45, 2.75) is 32.0 Å². The highest BCUT2D eigenvalue weighted by Crippen LogP contribution is 2.34. The molecule has 0 aromatic heterocycles. The smallest absolute Gasteiger partial charge is 0.398 e. The fourth-order valence-corrected chi connectivity index (χ4v) is 2.05. The van der Waals surface area contributed by atoms with E-state index in [0.29, 0.717) is 5.92 Å². The largest absolute Gasteiger partial charge is 0.416 e. The lowest BCUT2D eigenvalue weighted by atomic mass is 10.1. The number of hydrogen-bond donors (Lipinski definition) is 2. The predicted molar refractivity (Wildman–Crippen MR) is 65.5 cm³/mol. The molecule has 2 atom stereocenters. The molecule has 1 amide bonds. The second-order valence-electron chi connectivity index (χ2n) is 4.78. The molecule has 6 heteroatoms. The third-order valence-corrected chi connectivity index (χ3v) is 3.39. The van der Waals surface area contributed by atoms with E-state index in [0.717, 1.165) is 31.0 Å². The molecular formula is C13H15F3N2O. The van der Waals surface area contributed by atoms with Gasteiger partial charge >= 0.3 is 6.18 Å². The Balaban J connectivity index is 2.17. The molecule has 1 aromatic carbocycles. The number of anilines is 1. The molecule has 1 aromatic rings. The Morgan fingerprint density at radius 1 is 1.47 bits per heavy atom. The topological polar surface area (TPSA) is 55.1 Å². The van der Waals surface area contributed by atoms with E-state index < -0.39 is 17.6 Å². The number of halogens is 3. The molecular weight excluding hydrogens is 257 g/mol. The molecule has 19 heavy (non-hydrogen) atoms. The van der Waals surface area contributed by atoms with Gasteiger partial charge in [0.15, 0.2) is 0 Å². The summed E-state index contributed by atoms with van der Waals surface area (Å²) >= 11 is 0. The van der Waals surface area contributed by atoms with Gasteiger partial charge in [-0.1, -0.05) is 13.3 Å². The number of carbonyl (C=O) groups excluding carboxylic acids is 1. The molecule has 0 bridgehead atoms. The van der Waals surface area contributed by atoms with Crippen molar-refractivity contribution in [1.29, 1.82) is 0 Å². The van der Waals surface area contributed by atoms with Gasteiger partial charge in [-0.2, -0.15) is 13.2 Å². The van der Waals surface area contributed by atoms with Crippen LogP contribution in [0.5, 0.6) is 0 Å². The van der Waals surface area contributed by atoms with Crippen LogP contribution < -0.4 is 11.1 Å². The van der Waals surface area contributed by atoms with Crippen molar-refractivity contribution in [3.63, 3.8) is 0 Å². The molecule has 0 saturated heterocycles. The minimum atomic E-state index is -4.48. The van der Waals surface area contributed by atoms with Crippen LogP contribution in [0.3, 0.4) is 0 Å². The van der Waals surface area contributed by atoms with Crippen molar-refractivity contribution in [1.82, 2.24) is 5.32 Å². The lowest BCUT2D eigenvalue weighted by Crippen LogP contribution is -2.28. The van der Waals surface area contributed by atoms with E-state index in [-0.39, 0.29) is 17.3 Å². The van der Waals surface area contributed by atoms with Crippen LogP contribution in [0.25, 0.3) is 0 Å². The van der Waals surface area contributed by atoms with E-state index in [9.17, 15) is 18.0 Å². The number of hydrogen-bond acceptors (Lipinski definition) is 2. The molecule has 0 aliphatic heterocycles. The standard InChI is InChI=1S/C13H15F3N2O/c1-2-7-5-11(7)18-12(19)9-6-8(13(14,15)16)3-4-10(9)17/h3-4,6-7,11H,2,5,17H2,1H3,(H,18,19). The average molecular weight is 272 g/mol. The molecule has 0 radical (unpaired) electrons. The van der Waals surface area contributed by atoms with Crippen LogP contribution in [-0.2, 0) is 6.18 Å². The lowest BCUT2D eigenvalue weighted by Gasteiger charge is -2.11. The number of nitrogen functional groups attached to an aromatic ring is 1. The zero-order valence-electron chi connectivity index (χ0n) is 10.4. The Kier molecular flexibility index (Phi) is 3.43. The van der Waals surface area contributed by atoms with Gasteiger partial charge in [-0.3, -0.25) is 4.79 Å². The third-order valence-electron chi connectivity index (χ3n) is 3.39. The van der Waals surface area contributed by atoms with Gasteiger partial charge in [-0.15, -0.1) is 0 Å². The molecule has 0 heterocycles. The number of amides is 1. The van der Waals surface area contributed by atoms with Crippen LogP contribution in [0, 0.1) is 5.92 Å². The summed E-state index contributed by atoms with van der Waals surface area (Å²) in [7, 11) is 0. The normalized spacial score (nSPS) is 22.1. The second-order valence-corrected chi connectivity index (χ2v) is 4.78. The first-order valence-electron chi connectivity index (χ1n) is 6.10. The lowest BCUT2D eigenvalue weighted by molar-refractivity contribution is -0.137. The molecule has 104 valence electrons. The molecule has 1 saturated carbocycles. The van der Waals surface area contributed by atoms with Crippen molar-refractivity contribution >= 4 is 11.6 Å². The van der Waals surface area contributed by atoms with Crippen molar-refractivity contribution in [3.8, 4) is 0 Å². The maximum Gasteiger partial charge on any atom is 0.416 e. The molecule has 1 aliphatic carbocycles. The minimum Gasteiger partial charge on any atom is -0.398 e. The SMILES string of the molecule is CCC1CC1NC(=O)c1cc(C(F)(F)F)ccc1N. The fourth-order valence-electron chi connectivity index (χ4n) is 2.05. The summed E-state index contributed by atoms with van der Waals surface area (Å²) in [5.41, 5.74) is 4.64. The van der Waals surface area contributed by atoms with Crippen LogP contribution >= 0.6 is 0 Å². The average Bonchev–Trinajstić information content (AvgIpc) is 3.06. The first-order chi connectivity index (χ1) is 8.82. The van der Waals surface area contributed by atoms with Crippen molar-refractivity contribution < 1.29 is 18.0 Å². The van der Waals surface area contributed by atoms with E-state index in [2.05, 4.69) is 5.32 Å². The molecule has 0 spiro atoms. The van der Waals surface area contributed by atoms with Crippen LogP contribution in [-0.4, -0.2) is 11.9 Å². The Bertz CT molecular complexity index is 499. The van der Waals surface area contributed by atoms with Gasteiger partial charge < -0.3 is 11.1 Å². The first-order valence-corrected chi connectivity index (χ1v) is 6.10. The summed E-state index contributed by atoms with van der Waals surface area (Å²) in [4.78, 5) is 11.9. The van der Waals surface area contributed by atoms with E-state index in [1.807, 2.05) is 6.92 Å². The molecule has 2 rings (SSSR count). The predicted octanol–water partition coefficient (Wildman–Crippen LogP) is 2.82. The van der Waals surface area contributed by atoms with Gasteiger partial charge in [0.1, 0.15) is 0 Å². The minimum absolute atomic E-state index is 0.0548. The highest BCUT2D eigenvalue weighted by molar-refractivity contribution is 5.99. The van der Waals surface area contributed by atoms with Crippen LogP contribution in [0.15, 0.2) is 18.2 Å². The molecule has 1 aliphatic rings. The number of benzene rings is 1. The number of carbonyl (C=O) groups is 1. The summed E-state index contributed by atoms with van der Waals surface area (Å²) in [5.74, 6) is -0.111. The Morgan fingerprint density at radius 2 is 2.16 bits per heavy atom. The highest BCUT2D eigenvalue weighted by atomic mass is 19.4. The van der Waals surface area contributed by atoms with E-state index in [1.165, 1.54) is 0 Å². The molecule has 3 N–H and O–H groups in total.